The van der Waals surface area contributed by atoms with Crippen LogP contribution >= 0.6 is 12.2 Å². The fourth-order valence-electron chi connectivity index (χ4n) is 4.36. The van der Waals surface area contributed by atoms with E-state index in [1.165, 1.54) is 12.1 Å². The lowest BCUT2D eigenvalue weighted by Gasteiger charge is -2.29. The molecule has 1 aliphatic rings. The Labute approximate surface area is 203 Å². The van der Waals surface area contributed by atoms with Crippen LogP contribution in [0.3, 0.4) is 0 Å². The average Bonchev–Trinajstić information content (AvgIpc) is 3.45. The minimum Gasteiger partial charge on any atom is -0.491 e. The molecule has 0 amide bonds. The maximum Gasteiger partial charge on any atom is 0.174 e. The van der Waals surface area contributed by atoms with E-state index in [1.54, 1.807) is 18.3 Å². The predicted octanol–water partition coefficient (Wildman–Crippen LogP) is 5.98. The Morgan fingerprint density at radius 2 is 1.68 bits per heavy atom. The summed E-state index contributed by atoms with van der Waals surface area (Å²) in [7, 11) is 0. The number of benzene rings is 2. The molecule has 0 bridgehead atoms. The van der Waals surface area contributed by atoms with E-state index in [0.717, 1.165) is 28.5 Å². The topological polar surface area (TPSA) is 42.3 Å². The molecule has 2 aromatic heterocycles. The summed E-state index contributed by atoms with van der Waals surface area (Å²) in [6.07, 6.45) is 3.87. The average molecular weight is 473 g/mol. The van der Waals surface area contributed by atoms with Crippen LogP contribution in [-0.4, -0.2) is 20.8 Å². The fraction of sp³-hybridized carbons (Fsp3) is 0.185. The Morgan fingerprint density at radius 1 is 0.941 bits per heavy atom. The fourth-order valence-corrected chi connectivity index (χ4v) is 4.71. The van der Waals surface area contributed by atoms with Crippen molar-refractivity contribution in [3.8, 4) is 11.4 Å². The van der Waals surface area contributed by atoms with Crippen molar-refractivity contribution in [3.05, 3.63) is 108 Å². The SMILES string of the molecule is CC(C)Oc1ccc(N2C(=S)N[C@@H](c3ccccn3)[C@@H]2c2cccn2-c2ccc(F)cc2)cc1. The van der Waals surface area contributed by atoms with Crippen LogP contribution in [0.1, 0.15) is 37.3 Å². The molecule has 172 valence electrons. The third-order valence-electron chi connectivity index (χ3n) is 5.77. The van der Waals surface area contributed by atoms with Crippen LogP contribution in [-0.2, 0) is 0 Å². The lowest BCUT2D eigenvalue weighted by atomic mass is 10.0. The van der Waals surface area contributed by atoms with Crippen molar-refractivity contribution in [2.75, 3.05) is 4.90 Å². The van der Waals surface area contributed by atoms with E-state index in [2.05, 4.69) is 25.8 Å². The third-order valence-corrected chi connectivity index (χ3v) is 6.09. The zero-order chi connectivity index (χ0) is 23.7. The summed E-state index contributed by atoms with van der Waals surface area (Å²) in [5, 5.41) is 4.10. The quantitative estimate of drug-likeness (QED) is 0.350. The van der Waals surface area contributed by atoms with Crippen LogP contribution < -0.4 is 15.0 Å². The first-order chi connectivity index (χ1) is 16.5. The van der Waals surface area contributed by atoms with Crippen molar-refractivity contribution in [1.82, 2.24) is 14.9 Å². The number of hydrogen-bond acceptors (Lipinski definition) is 3. The summed E-state index contributed by atoms with van der Waals surface area (Å²) >= 11 is 5.83. The summed E-state index contributed by atoms with van der Waals surface area (Å²) in [4.78, 5) is 6.73. The zero-order valence-corrected chi connectivity index (χ0v) is 19.7. The van der Waals surface area contributed by atoms with Crippen LogP contribution in [0, 0.1) is 5.82 Å². The van der Waals surface area contributed by atoms with Gasteiger partial charge in [0.1, 0.15) is 17.6 Å². The van der Waals surface area contributed by atoms with Gasteiger partial charge in [0, 0.05) is 29.5 Å². The van der Waals surface area contributed by atoms with Gasteiger partial charge in [-0.25, -0.2) is 4.39 Å². The van der Waals surface area contributed by atoms with Crippen molar-refractivity contribution in [1.29, 1.82) is 0 Å². The molecule has 1 N–H and O–H groups in total. The molecule has 0 unspecified atom stereocenters. The van der Waals surface area contributed by atoms with E-state index in [-0.39, 0.29) is 24.0 Å². The van der Waals surface area contributed by atoms with E-state index < -0.39 is 0 Å². The number of aromatic nitrogens is 2. The van der Waals surface area contributed by atoms with E-state index in [9.17, 15) is 4.39 Å². The van der Waals surface area contributed by atoms with Gasteiger partial charge >= 0.3 is 0 Å². The first kappa shape index (κ1) is 22.1. The molecule has 1 saturated heterocycles. The predicted molar refractivity (Wildman–Crippen MR) is 136 cm³/mol. The minimum absolute atomic E-state index is 0.0978. The van der Waals surface area contributed by atoms with Gasteiger partial charge in [0.2, 0.25) is 0 Å². The maximum atomic E-state index is 13.6. The molecule has 1 aliphatic heterocycles. The Morgan fingerprint density at radius 3 is 2.35 bits per heavy atom. The van der Waals surface area contributed by atoms with Crippen molar-refractivity contribution in [3.63, 3.8) is 0 Å². The second-order valence-electron chi connectivity index (χ2n) is 8.44. The molecule has 2 atom stereocenters. The third kappa shape index (κ3) is 4.26. The van der Waals surface area contributed by atoms with Gasteiger partial charge in [-0.3, -0.25) is 4.98 Å². The normalized spacial score (nSPS) is 17.8. The number of pyridine rings is 1. The van der Waals surface area contributed by atoms with Gasteiger partial charge in [-0.2, -0.15) is 0 Å². The first-order valence-electron chi connectivity index (χ1n) is 11.2. The second kappa shape index (κ2) is 9.27. The smallest absolute Gasteiger partial charge is 0.174 e. The lowest BCUT2D eigenvalue weighted by Crippen LogP contribution is -2.30. The van der Waals surface area contributed by atoms with Crippen LogP contribution in [0.4, 0.5) is 10.1 Å². The summed E-state index contributed by atoms with van der Waals surface area (Å²) in [5.41, 5.74) is 3.73. The summed E-state index contributed by atoms with van der Waals surface area (Å²) < 4.78 is 21.5. The summed E-state index contributed by atoms with van der Waals surface area (Å²) in [5.74, 6) is 0.544. The van der Waals surface area contributed by atoms with Crippen molar-refractivity contribution in [2.24, 2.45) is 0 Å². The van der Waals surface area contributed by atoms with E-state index >= 15 is 0 Å². The molecule has 0 spiro atoms. The van der Waals surface area contributed by atoms with Crippen LogP contribution in [0.25, 0.3) is 5.69 Å². The first-order valence-corrected chi connectivity index (χ1v) is 11.6. The second-order valence-corrected chi connectivity index (χ2v) is 8.82. The van der Waals surface area contributed by atoms with E-state index in [0.29, 0.717) is 5.11 Å². The lowest BCUT2D eigenvalue weighted by molar-refractivity contribution is 0.242. The van der Waals surface area contributed by atoms with Crippen molar-refractivity contribution in [2.45, 2.75) is 32.0 Å². The highest BCUT2D eigenvalue weighted by Crippen LogP contribution is 2.42. The number of hydrogen-bond donors (Lipinski definition) is 1. The van der Waals surface area contributed by atoms with Crippen LogP contribution in [0.2, 0.25) is 0 Å². The molecule has 5 rings (SSSR count). The van der Waals surface area contributed by atoms with Gasteiger partial charge in [-0.1, -0.05) is 6.07 Å². The standard InChI is InChI=1S/C27H25FN4OS/c1-18(2)33-22-14-12-21(13-15-22)32-26(25(30-27(32)34)23-6-3-4-16-29-23)24-7-5-17-31(24)20-10-8-19(28)9-11-20/h3-18,25-26H,1-2H3,(H,30,34)/t25-,26-/m0/s1. The Balaban J connectivity index is 1.60. The maximum absolute atomic E-state index is 13.6. The van der Waals surface area contributed by atoms with Crippen LogP contribution in [0.15, 0.2) is 91.3 Å². The van der Waals surface area contributed by atoms with E-state index in [4.69, 9.17) is 17.0 Å². The molecule has 2 aromatic carbocycles. The molecular weight excluding hydrogens is 447 g/mol. The number of ether oxygens (including phenoxy) is 1. The summed E-state index contributed by atoms with van der Waals surface area (Å²) in [6, 6.07) is 24.0. The van der Waals surface area contributed by atoms with Crippen molar-refractivity contribution < 1.29 is 9.13 Å². The molecule has 34 heavy (non-hydrogen) atoms. The van der Waals surface area contributed by atoms with Gasteiger partial charge in [0.05, 0.1) is 17.8 Å². The molecule has 0 aliphatic carbocycles. The highest BCUT2D eigenvalue weighted by atomic mass is 32.1. The van der Waals surface area contributed by atoms with Crippen molar-refractivity contribution >= 4 is 23.0 Å². The Bertz CT molecular complexity index is 1270. The minimum atomic E-state index is -0.266. The highest BCUT2D eigenvalue weighted by Gasteiger charge is 2.42. The van der Waals surface area contributed by atoms with Gasteiger partial charge < -0.3 is 19.5 Å². The Hall–Kier alpha value is -3.71. The largest absolute Gasteiger partial charge is 0.491 e. The number of halogens is 1. The zero-order valence-electron chi connectivity index (χ0n) is 18.9. The number of rotatable bonds is 6. The number of nitrogens with zero attached hydrogens (tertiary/aromatic N) is 3. The molecule has 5 nitrogen and oxygen atoms in total. The molecule has 0 radical (unpaired) electrons. The van der Waals surface area contributed by atoms with Crippen LogP contribution in [0.5, 0.6) is 5.75 Å². The number of nitrogens with one attached hydrogen (secondary N) is 1. The molecule has 0 saturated carbocycles. The highest BCUT2D eigenvalue weighted by molar-refractivity contribution is 7.80. The molecule has 4 aromatic rings. The van der Waals surface area contributed by atoms with E-state index in [1.807, 2.05) is 68.6 Å². The molecule has 7 heteroatoms. The number of anilines is 1. The molecular formula is C27H25FN4OS. The number of thiocarbonyl (C=S) groups is 1. The monoisotopic (exact) mass is 472 g/mol. The van der Waals surface area contributed by atoms with Gasteiger partial charge in [-0.05, 0) is 98.9 Å². The molecule has 3 heterocycles. The molecule has 1 fully saturated rings. The van der Waals surface area contributed by atoms with Gasteiger partial charge in [0.25, 0.3) is 0 Å². The van der Waals surface area contributed by atoms with Gasteiger partial charge in [-0.15, -0.1) is 0 Å². The van der Waals surface area contributed by atoms with Gasteiger partial charge in [0.15, 0.2) is 5.11 Å². The summed E-state index contributed by atoms with van der Waals surface area (Å²) in [6.45, 7) is 4.01. The Kier molecular flexibility index (Phi) is 6.02.